The molecular formula is C15H15ClO4. The van der Waals surface area contributed by atoms with Crippen molar-refractivity contribution >= 4 is 23.5 Å². The highest BCUT2D eigenvalue weighted by Crippen LogP contribution is 2.32. The molecule has 5 heteroatoms. The Labute approximate surface area is 122 Å². The predicted molar refractivity (Wildman–Crippen MR) is 75.5 cm³/mol. The zero-order valence-corrected chi connectivity index (χ0v) is 12.0. The second-order valence-electron chi connectivity index (χ2n) is 4.04. The molecule has 106 valence electrons. The van der Waals surface area contributed by atoms with Gasteiger partial charge in [-0.25, -0.2) is 0 Å². The first-order valence-electron chi connectivity index (χ1n) is 6.05. The molecule has 1 atom stereocenters. The highest BCUT2D eigenvalue weighted by molar-refractivity contribution is 6.30. The van der Waals surface area contributed by atoms with E-state index < -0.39 is 17.4 Å². The van der Waals surface area contributed by atoms with Gasteiger partial charge in [-0.2, -0.15) is 0 Å². The van der Waals surface area contributed by atoms with Gasteiger partial charge in [0.25, 0.3) is 0 Å². The molecule has 0 amide bonds. The molecule has 1 rings (SSSR count). The number of benzene rings is 1. The summed E-state index contributed by atoms with van der Waals surface area (Å²) in [5.41, 5.74) is -1.59. The SMILES string of the molecule is CC#CCC(C(=O)O)(C(=O)OCC)c1cccc(Cl)c1. The Bertz CT molecular complexity index is 571. The van der Waals surface area contributed by atoms with Gasteiger partial charge in [-0.05, 0) is 31.5 Å². The molecule has 0 radical (unpaired) electrons. The van der Waals surface area contributed by atoms with E-state index in [2.05, 4.69) is 11.8 Å². The van der Waals surface area contributed by atoms with Crippen molar-refractivity contribution in [1.82, 2.24) is 0 Å². The number of carboxylic acid groups (broad SMARTS) is 1. The number of rotatable bonds is 5. The number of halogens is 1. The summed E-state index contributed by atoms with van der Waals surface area (Å²) in [5, 5.41) is 9.93. The molecule has 4 nitrogen and oxygen atoms in total. The van der Waals surface area contributed by atoms with Crippen LogP contribution in [0.3, 0.4) is 0 Å². The fraction of sp³-hybridized carbons (Fsp3) is 0.333. The Morgan fingerprint density at radius 2 is 2.15 bits per heavy atom. The van der Waals surface area contributed by atoms with Crippen molar-refractivity contribution in [2.24, 2.45) is 0 Å². The predicted octanol–water partition coefficient (Wildman–Crippen LogP) is 2.64. The lowest BCUT2D eigenvalue weighted by atomic mass is 9.77. The average molecular weight is 295 g/mol. The number of hydrogen-bond acceptors (Lipinski definition) is 3. The first kappa shape index (κ1) is 16.1. The summed E-state index contributed by atoms with van der Waals surface area (Å²) < 4.78 is 4.93. The summed E-state index contributed by atoms with van der Waals surface area (Å²) in [4.78, 5) is 24.0. The first-order valence-corrected chi connectivity index (χ1v) is 6.43. The van der Waals surface area contributed by atoms with Gasteiger partial charge in [0, 0.05) is 11.4 Å². The standard InChI is InChI=1S/C15H15ClO4/c1-3-5-9-15(13(17)18,14(19)20-4-2)11-7-6-8-12(16)10-11/h6-8,10H,4,9H2,1-2H3,(H,17,18). The van der Waals surface area contributed by atoms with Crippen LogP contribution in [-0.4, -0.2) is 23.7 Å². The lowest BCUT2D eigenvalue weighted by molar-refractivity contribution is -0.161. The van der Waals surface area contributed by atoms with Gasteiger partial charge < -0.3 is 9.84 Å². The summed E-state index contributed by atoms with van der Waals surface area (Å²) in [5.74, 6) is 3.12. The molecule has 1 N–H and O–H groups in total. The quantitative estimate of drug-likeness (QED) is 0.515. The van der Waals surface area contributed by atoms with Gasteiger partial charge in [0.05, 0.1) is 6.61 Å². The Kier molecular flexibility index (Phi) is 5.60. The van der Waals surface area contributed by atoms with Gasteiger partial charge in [0.15, 0.2) is 0 Å². The van der Waals surface area contributed by atoms with E-state index in [0.29, 0.717) is 5.02 Å². The van der Waals surface area contributed by atoms with Crippen LogP contribution < -0.4 is 0 Å². The number of hydrogen-bond donors (Lipinski definition) is 1. The lowest BCUT2D eigenvalue weighted by Crippen LogP contribution is -2.44. The van der Waals surface area contributed by atoms with Gasteiger partial charge in [0.2, 0.25) is 5.41 Å². The molecule has 0 fully saturated rings. The van der Waals surface area contributed by atoms with Crippen LogP contribution in [0.2, 0.25) is 5.02 Å². The molecule has 1 aromatic carbocycles. The zero-order chi connectivity index (χ0) is 15.2. The average Bonchev–Trinajstić information content (AvgIpc) is 2.39. The van der Waals surface area contributed by atoms with Crippen molar-refractivity contribution in [1.29, 1.82) is 0 Å². The summed E-state index contributed by atoms with van der Waals surface area (Å²) in [6.45, 7) is 3.29. The van der Waals surface area contributed by atoms with Crippen LogP contribution in [0.25, 0.3) is 0 Å². The minimum absolute atomic E-state index is 0.0913. The van der Waals surface area contributed by atoms with Crippen molar-refractivity contribution in [2.45, 2.75) is 25.7 Å². The van der Waals surface area contributed by atoms with E-state index in [4.69, 9.17) is 16.3 Å². The van der Waals surface area contributed by atoms with Crippen molar-refractivity contribution in [3.8, 4) is 11.8 Å². The number of carbonyl (C=O) groups is 2. The maximum Gasteiger partial charge on any atom is 0.329 e. The molecule has 0 aliphatic heterocycles. The molecule has 0 aliphatic carbocycles. The molecule has 0 heterocycles. The van der Waals surface area contributed by atoms with Crippen molar-refractivity contribution in [3.63, 3.8) is 0 Å². The smallest absolute Gasteiger partial charge is 0.329 e. The molecule has 0 spiro atoms. The van der Waals surface area contributed by atoms with Crippen LogP contribution in [0.1, 0.15) is 25.8 Å². The van der Waals surface area contributed by atoms with Crippen molar-refractivity contribution in [3.05, 3.63) is 34.9 Å². The van der Waals surface area contributed by atoms with E-state index in [1.54, 1.807) is 26.0 Å². The number of esters is 1. The largest absolute Gasteiger partial charge is 0.480 e. The van der Waals surface area contributed by atoms with Gasteiger partial charge in [-0.1, -0.05) is 23.7 Å². The topological polar surface area (TPSA) is 63.6 Å². The molecule has 1 unspecified atom stereocenters. The third-order valence-corrected chi connectivity index (χ3v) is 3.07. The van der Waals surface area contributed by atoms with Crippen LogP contribution in [0.5, 0.6) is 0 Å². The fourth-order valence-corrected chi connectivity index (χ4v) is 2.00. The van der Waals surface area contributed by atoms with Crippen LogP contribution in [0.15, 0.2) is 24.3 Å². The minimum atomic E-state index is -1.86. The van der Waals surface area contributed by atoms with E-state index in [0.717, 1.165) is 0 Å². The Balaban J connectivity index is 3.46. The number of carboxylic acids is 1. The van der Waals surface area contributed by atoms with Gasteiger partial charge in [0.1, 0.15) is 0 Å². The Morgan fingerprint density at radius 1 is 1.45 bits per heavy atom. The minimum Gasteiger partial charge on any atom is -0.480 e. The number of ether oxygens (including phenoxy) is 1. The molecule has 0 aromatic heterocycles. The monoisotopic (exact) mass is 294 g/mol. The summed E-state index contributed by atoms with van der Waals surface area (Å²) in [7, 11) is 0. The van der Waals surface area contributed by atoms with E-state index >= 15 is 0 Å². The maximum absolute atomic E-state index is 12.2. The van der Waals surface area contributed by atoms with Crippen LogP contribution in [0.4, 0.5) is 0 Å². The lowest BCUT2D eigenvalue weighted by Gasteiger charge is -2.25. The Morgan fingerprint density at radius 3 is 2.65 bits per heavy atom. The molecule has 20 heavy (non-hydrogen) atoms. The second-order valence-corrected chi connectivity index (χ2v) is 4.48. The number of aliphatic carboxylic acids is 1. The van der Waals surface area contributed by atoms with E-state index in [9.17, 15) is 14.7 Å². The number of carbonyl (C=O) groups excluding carboxylic acids is 1. The Hall–Kier alpha value is -1.99. The fourth-order valence-electron chi connectivity index (χ4n) is 1.81. The van der Waals surface area contributed by atoms with Crippen LogP contribution >= 0.6 is 11.6 Å². The molecule has 1 aromatic rings. The van der Waals surface area contributed by atoms with Crippen molar-refractivity contribution in [2.75, 3.05) is 6.61 Å². The first-order chi connectivity index (χ1) is 9.48. The highest BCUT2D eigenvalue weighted by Gasteiger charge is 2.49. The molecule has 0 saturated carbocycles. The maximum atomic E-state index is 12.2. The van der Waals surface area contributed by atoms with E-state index in [1.165, 1.54) is 12.1 Å². The molecule has 0 bridgehead atoms. The van der Waals surface area contributed by atoms with Gasteiger partial charge in [-0.15, -0.1) is 11.8 Å². The second kappa shape index (κ2) is 6.97. The summed E-state index contributed by atoms with van der Waals surface area (Å²) in [6.07, 6.45) is -0.169. The van der Waals surface area contributed by atoms with Crippen LogP contribution in [0, 0.1) is 11.8 Å². The third kappa shape index (κ3) is 3.12. The normalized spacial score (nSPS) is 12.8. The van der Waals surface area contributed by atoms with E-state index in [-0.39, 0.29) is 18.6 Å². The molecular weight excluding hydrogens is 280 g/mol. The highest BCUT2D eigenvalue weighted by atomic mass is 35.5. The van der Waals surface area contributed by atoms with E-state index in [1.807, 2.05) is 0 Å². The van der Waals surface area contributed by atoms with Gasteiger partial charge >= 0.3 is 11.9 Å². The molecule has 0 saturated heterocycles. The zero-order valence-electron chi connectivity index (χ0n) is 11.3. The van der Waals surface area contributed by atoms with Crippen LogP contribution in [-0.2, 0) is 19.7 Å². The van der Waals surface area contributed by atoms with Crippen molar-refractivity contribution < 1.29 is 19.4 Å². The van der Waals surface area contributed by atoms with Gasteiger partial charge in [-0.3, -0.25) is 9.59 Å². The third-order valence-electron chi connectivity index (χ3n) is 2.84. The summed E-state index contributed by atoms with van der Waals surface area (Å²) >= 11 is 5.89. The summed E-state index contributed by atoms with van der Waals surface area (Å²) in [6, 6.07) is 6.18. The molecule has 0 aliphatic rings.